The summed E-state index contributed by atoms with van der Waals surface area (Å²) in [6, 6.07) is 70.1. The number of fused-ring (bicyclic) bond motifs is 12. The van der Waals surface area contributed by atoms with E-state index in [1.807, 2.05) is 34.0 Å². The first-order chi connectivity index (χ1) is 28.7. The number of hydrogen-bond acceptors (Lipinski definition) is 3. The molecule has 0 saturated carbocycles. The van der Waals surface area contributed by atoms with Gasteiger partial charge < -0.3 is 4.57 Å². The SMILES string of the molecule is c1ccc2c(c1)sc1c(-c3ccc4c(c3)c3cc(-c5cccc6sc7ccccc7c56)ccc3n4-c3ccc(-c4cccc5sc6ccccc6c45)cc3)cccc12. The van der Waals surface area contributed by atoms with E-state index in [1.165, 1.54) is 116 Å². The number of aromatic nitrogens is 1. The zero-order chi connectivity index (χ0) is 37.9. The van der Waals surface area contributed by atoms with Crippen LogP contribution in [0.2, 0.25) is 0 Å². The van der Waals surface area contributed by atoms with E-state index in [9.17, 15) is 0 Å². The molecule has 4 heteroatoms. The second kappa shape index (κ2) is 12.5. The first-order valence-electron chi connectivity index (χ1n) is 19.7. The number of hydrogen-bond donors (Lipinski definition) is 0. The summed E-state index contributed by atoms with van der Waals surface area (Å²) in [7, 11) is 0. The van der Waals surface area contributed by atoms with Gasteiger partial charge in [-0.2, -0.15) is 0 Å². The van der Waals surface area contributed by atoms with Crippen molar-refractivity contribution in [1.82, 2.24) is 4.57 Å². The van der Waals surface area contributed by atoms with Crippen LogP contribution in [0.1, 0.15) is 0 Å². The molecule has 0 atom stereocenters. The predicted octanol–water partition coefficient (Wildman–Crippen LogP) is 16.9. The highest BCUT2D eigenvalue weighted by molar-refractivity contribution is 7.27. The summed E-state index contributed by atoms with van der Waals surface area (Å²) in [6.07, 6.45) is 0. The number of rotatable bonds is 4. The van der Waals surface area contributed by atoms with Crippen LogP contribution in [-0.2, 0) is 0 Å². The Morgan fingerprint density at radius 2 is 0.741 bits per heavy atom. The van der Waals surface area contributed by atoms with Gasteiger partial charge in [-0.25, -0.2) is 0 Å². The maximum absolute atomic E-state index is 2.46. The first-order valence-corrected chi connectivity index (χ1v) is 22.1. The van der Waals surface area contributed by atoms with Gasteiger partial charge in [-0.05, 0) is 100 Å². The van der Waals surface area contributed by atoms with Crippen LogP contribution in [-0.4, -0.2) is 4.57 Å². The van der Waals surface area contributed by atoms with E-state index in [4.69, 9.17) is 0 Å². The third-order valence-corrected chi connectivity index (χ3v) is 15.5. The second-order valence-electron chi connectivity index (χ2n) is 15.2. The Kier molecular flexibility index (Phi) is 6.99. The maximum atomic E-state index is 2.46. The second-order valence-corrected chi connectivity index (χ2v) is 18.4. The predicted molar refractivity (Wildman–Crippen MR) is 256 cm³/mol. The van der Waals surface area contributed by atoms with Crippen molar-refractivity contribution in [1.29, 1.82) is 0 Å². The lowest BCUT2D eigenvalue weighted by atomic mass is 9.97. The van der Waals surface area contributed by atoms with Crippen molar-refractivity contribution in [3.8, 4) is 39.1 Å². The Morgan fingerprint density at radius 3 is 1.36 bits per heavy atom. The normalized spacial score (nSPS) is 12.1. The van der Waals surface area contributed by atoms with Gasteiger partial charge in [-0.1, -0.05) is 121 Å². The Labute approximate surface area is 345 Å². The molecule has 0 aliphatic carbocycles. The van der Waals surface area contributed by atoms with Crippen LogP contribution in [0.15, 0.2) is 188 Å². The summed E-state index contributed by atoms with van der Waals surface area (Å²) in [5.74, 6) is 0. The van der Waals surface area contributed by atoms with E-state index < -0.39 is 0 Å². The van der Waals surface area contributed by atoms with Crippen LogP contribution < -0.4 is 0 Å². The molecule has 1 nitrogen and oxygen atoms in total. The van der Waals surface area contributed by atoms with Gasteiger partial charge in [0.15, 0.2) is 0 Å². The van der Waals surface area contributed by atoms with Crippen molar-refractivity contribution in [2.75, 3.05) is 0 Å². The van der Waals surface area contributed by atoms with E-state index in [1.54, 1.807) is 0 Å². The Bertz CT molecular complexity index is 3800. The summed E-state index contributed by atoms with van der Waals surface area (Å²) in [5.41, 5.74) is 11.1. The molecule has 270 valence electrons. The Hall–Kier alpha value is -6.56. The fourth-order valence-corrected chi connectivity index (χ4v) is 12.9. The van der Waals surface area contributed by atoms with Gasteiger partial charge in [0, 0.05) is 77.0 Å². The van der Waals surface area contributed by atoms with Crippen molar-refractivity contribution in [3.63, 3.8) is 0 Å². The van der Waals surface area contributed by atoms with Crippen molar-refractivity contribution in [2.24, 2.45) is 0 Å². The lowest BCUT2D eigenvalue weighted by Gasteiger charge is -2.11. The van der Waals surface area contributed by atoms with E-state index >= 15 is 0 Å². The highest BCUT2D eigenvalue weighted by atomic mass is 32.1. The molecule has 13 rings (SSSR count). The molecule has 0 radical (unpaired) electrons. The van der Waals surface area contributed by atoms with E-state index in [0.29, 0.717) is 0 Å². The van der Waals surface area contributed by atoms with E-state index in [-0.39, 0.29) is 0 Å². The molecular weight excluding hydrogens is 759 g/mol. The quantitative estimate of drug-likeness (QED) is 0.167. The third-order valence-electron chi connectivity index (χ3n) is 12.0. The summed E-state index contributed by atoms with van der Waals surface area (Å²) < 4.78 is 10.4. The van der Waals surface area contributed by atoms with E-state index in [2.05, 4.69) is 193 Å². The number of nitrogens with zero attached hydrogens (tertiary/aromatic N) is 1. The highest BCUT2D eigenvalue weighted by Gasteiger charge is 2.19. The molecule has 4 aromatic heterocycles. The van der Waals surface area contributed by atoms with Gasteiger partial charge in [0.05, 0.1) is 11.0 Å². The van der Waals surface area contributed by atoms with Gasteiger partial charge in [0.25, 0.3) is 0 Å². The van der Waals surface area contributed by atoms with Crippen LogP contribution in [0, 0.1) is 0 Å². The van der Waals surface area contributed by atoms with Gasteiger partial charge in [-0.15, -0.1) is 34.0 Å². The summed E-state index contributed by atoms with van der Waals surface area (Å²) >= 11 is 5.65. The molecule has 4 heterocycles. The molecule has 0 fully saturated rings. The van der Waals surface area contributed by atoms with Gasteiger partial charge in [0.2, 0.25) is 0 Å². The molecule has 0 N–H and O–H groups in total. The van der Waals surface area contributed by atoms with Crippen LogP contribution in [0.4, 0.5) is 0 Å². The summed E-state index contributed by atoms with van der Waals surface area (Å²) in [5, 5.41) is 10.5. The smallest absolute Gasteiger partial charge is 0.0541 e. The summed E-state index contributed by atoms with van der Waals surface area (Å²) in [6.45, 7) is 0. The Morgan fingerprint density at radius 1 is 0.293 bits per heavy atom. The number of benzene rings is 9. The third kappa shape index (κ3) is 4.74. The molecule has 58 heavy (non-hydrogen) atoms. The lowest BCUT2D eigenvalue weighted by Crippen LogP contribution is -1.94. The van der Waals surface area contributed by atoms with Crippen molar-refractivity contribution < 1.29 is 0 Å². The Balaban J connectivity index is 1.03. The van der Waals surface area contributed by atoms with Gasteiger partial charge >= 0.3 is 0 Å². The molecule has 0 spiro atoms. The molecule has 0 bridgehead atoms. The van der Waals surface area contributed by atoms with Gasteiger partial charge in [0.1, 0.15) is 0 Å². The fourth-order valence-electron chi connectivity index (χ4n) is 9.43. The molecule has 13 aromatic rings. The lowest BCUT2D eigenvalue weighted by molar-refractivity contribution is 1.18. The van der Waals surface area contributed by atoms with E-state index in [0.717, 1.165) is 5.69 Å². The molecular formula is C54H31NS3. The molecule has 0 amide bonds. The molecule has 0 aliphatic rings. The van der Waals surface area contributed by atoms with Crippen molar-refractivity contribution >= 4 is 116 Å². The molecule has 0 aliphatic heterocycles. The van der Waals surface area contributed by atoms with Crippen LogP contribution >= 0.6 is 34.0 Å². The van der Waals surface area contributed by atoms with Gasteiger partial charge in [-0.3, -0.25) is 0 Å². The van der Waals surface area contributed by atoms with Crippen molar-refractivity contribution in [3.05, 3.63) is 188 Å². The minimum Gasteiger partial charge on any atom is -0.309 e. The first kappa shape index (κ1) is 32.5. The minimum atomic E-state index is 1.16. The minimum absolute atomic E-state index is 1.16. The monoisotopic (exact) mass is 789 g/mol. The molecule has 0 unspecified atom stereocenters. The topological polar surface area (TPSA) is 4.93 Å². The zero-order valence-corrected chi connectivity index (χ0v) is 33.5. The average molecular weight is 790 g/mol. The summed E-state index contributed by atoms with van der Waals surface area (Å²) in [4.78, 5) is 0. The standard InChI is InChI=1S/C54H31NS3/c1-4-17-47-39(10-1)40-16-7-15-38(54(40)58-47)34-25-29-46-44(31-34)43-30-33(37-14-9-21-51-53(37)42-12-3-6-19-49(42)57-51)24-28-45(43)55(46)35-26-22-32(23-27-35)36-13-8-20-50-52(36)41-11-2-5-18-48(41)56-50/h1-31H. The molecule has 9 aromatic carbocycles. The van der Waals surface area contributed by atoms with Crippen molar-refractivity contribution in [2.45, 2.75) is 0 Å². The highest BCUT2D eigenvalue weighted by Crippen LogP contribution is 2.45. The van der Waals surface area contributed by atoms with Crippen LogP contribution in [0.5, 0.6) is 0 Å². The zero-order valence-electron chi connectivity index (χ0n) is 31.1. The van der Waals surface area contributed by atoms with Crippen LogP contribution in [0.3, 0.4) is 0 Å². The molecule has 0 saturated heterocycles. The fraction of sp³-hybridized carbons (Fsp3) is 0. The van der Waals surface area contributed by atoms with Crippen LogP contribution in [0.25, 0.3) is 121 Å². The average Bonchev–Trinajstić information content (AvgIpc) is 4.05. The largest absolute Gasteiger partial charge is 0.309 e. The maximum Gasteiger partial charge on any atom is 0.0541 e. The number of thiophene rings is 3.